The number of ether oxygens (including phenoxy) is 1. The molecule has 94 valence electrons. The van der Waals surface area contributed by atoms with E-state index in [0.29, 0.717) is 29.8 Å². The van der Waals surface area contributed by atoms with E-state index in [1.165, 1.54) is 0 Å². The van der Waals surface area contributed by atoms with Gasteiger partial charge in [-0.25, -0.2) is 0 Å². The number of hydrogen-bond donors (Lipinski definition) is 1. The van der Waals surface area contributed by atoms with E-state index in [9.17, 15) is 4.79 Å². The van der Waals surface area contributed by atoms with Crippen molar-refractivity contribution in [3.63, 3.8) is 0 Å². The first kappa shape index (κ1) is 11.6. The van der Waals surface area contributed by atoms with Crippen molar-refractivity contribution in [2.24, 2.45) is 0 Å². The Morgan fingerprint density at radius 2 is 2.28 bits per heavy atom. The van der Waals surface area contributed by atoms with Gasteiger partial charge < -0.3 is 14.6 Å². The van der Waals surface area contributed by atoms with Crippen molar-refractivity contribution in [3.05, 3.63) is 35.0 Å². The Morgan fingerprint density at radius 3 is 2.89 bits per heavy atom. The number of hydrogen-bond acceptors (Lipinski definition) is 2. The zero-order chi connectivity index (χ0) is 12.7. The van der Waals surface area contributed by atoms with E-state index in [-0.39, 0.29) is 5.91 Å². The number of benzene rings is 1. The van der Waals surface area contributed by atoms with E-state index in [0.717, 1.165) is 10.9 Å². The third kappa shape index (κ3) is 1.61. The Hall–Kier alpha value is -1.52. The van der Waals surface area contributed by atoms with Gasteiger partial charge in [0.2, 0.25) is 0 Å². The molecule has 0 radical (unpaired) electrons. The molecule has 0 spiro atoms. The van der Waals surface area contributed by atoms with Crippen LogP contribution >= 0.6 is 11.6 Å². The summed E-state index contributed by atoms with van der Waals surface area (Å²) in [5, 5.41) is 4.06. The number of aromatic nitrogens is 1. The number of rotatable bonds is 2. The van der Waals surface area contributed by atoms with Gasteiger partial charge in [0.25, 0.3) is 5.91 Å². The van der Waals surface area contributed by atoms with Crippen LogP contribution in [0.4, 0.5) is 0 Å². The normalized spacial score (nSPS) is 15.7. The Morgan fingerprint density at radius 1 is 1.50 bits per heavy atom. The van der Waals surface area contributed by atoms with Crippen LogP contribution in [-0.2, 0) is 4.74 Å². The number of carbonyl (C=O) groups is 1. The van der Waals surface area contributed by atoms with E-state index < -0.39 is 0 Å². The second-order valence-electron chi connectivity index (χ2n) is 4.35. The van der Waals surface area contributed by atoms with Crippen molar-refractivity contribution < 1.29 is 9.53 Å². The molecule has 5 heteroatoms. The van der Waals surface area contributed by atoms with Crippen LogP contribution in [0.5, 0.6) is 0 Å². The minimum atomic E-state index is -0.118. The highest BCUT2D eigenvalue weighted by Gasteiger charge is 2.25. The number of amides is 1. The van der Waals surface area contributed by atoms with Gasteiger partial charge in [0.15, 0.2) is 0 Å². The fraction of sp³-hybridized carbons (Fsp3) is 0.308. The minimum absolute atomic E-state index is 0.118. The maximum atomic E-state index is 11.9. The van der Waals surface area contributed by atoms with Gasteiger partial charge in [-0.05, 0) is 12.1 Å². The molecule has 1 aliphatic heterocycles. The molecule has 1 saturated heterocycles. The summed E-state index contributed by atoms with van der Waals surface area (Å²) in [6, 6.07) is 5.97. The highest BCUT2D eigenvalue weighted by Crippen LogP contribution is 2.32. The van der Waals surface area contributed by atoms with Crippen LogP contribution in [0.3, 0.4) is 0 Å². The summed E-state index contributed by atoms with van der Waals surface area (Å²) in [5.74, 6) is -0.118. The van der Waals surface area contributed by atoms with E-state index in [1.54, 1.807) is 13.1 Å². The van der Waals surface area contributed by atoms with Crippen LogP contribution in [-0.4, -0.2) is 30.7 Å². The maximum Gasteiger partial charge on any atom is 0.253 e. The number of halogens is 1. The lowest BCUT2D eigenvalue weighted by Gasteiger charge is -2.28. The molecular formula is C13H13ClN2O2. The van der Waals surface area contributed by atoms with Gasteiger partial charge in [0, 0.05) is 18.6 Å². The summed E-state index contributed by atoms with van der Waals surface area (Å²) in [7, 11) is 1.62. The lowest BCUT2D eigenvalue weighted by Crippen LogP contribution is -2.30. The van der Waals surface area contributed by atoms with Crippen molar-refractivity contribution in [2.45, 2.75) is 6.04 Å². The molecule has 18 heavy (non-hydrogen) atoms. The molecule has 0 bridgehead atoms. The first-order valence-electron chi connectivity index (χ1n) is 5.81. The Labute approximate surface area is 109 Å². The SMILES string of the molecule is CNC(=O)c1cn(C2COC2)c2cccc(Cl)c12. The summed E-state index contributed by atoms with van der Waals surface area (Å²) in [6.07, 6.45) is 1.86. The van der Waals surface area contributed by atoms with Gasteiger partial charge in [0.1, 0.15) is 0 Å². The molecule has 1 aliphatic rings. The van der Waals surface area contributed by atoms with Crippen molar-refractivity contribution in [1.82, 2.24) is 9.88 Å². The predicted octanol–water partition coefficient (Wildman–Crippen LogP) is 2.23. The minimum Gasteiger partial charge on any atom is -0.377 e. The van der Waals surface area contributed by atoms with E-state index >= 15 is 0 Å². The Bertz CT molecular complexity index is 617. The smallest absolute Gasteiger partial charge is 0.253 e. The lowest BCUT2D eigenvalue weighted by molar-refractivity contribution is -0.0214. The molecule has 1 N–H and O–H groups in total. The topological polar surface area (TPSA) is 43.3 Å². The zero-order valence-corrected chi connectivity index (χ0v) is 10.7. The second-order valence-corrected chi connectivity index (χ2v) is 4.76. The summed E-state index contributed by atoms with van der Waals surface area (Å²) < 4.78 is 7.29. The monoisotopic (exact) mass is 264 g/mol. The molecule has 2 aromatic rings. The highest BCUT2D eigenvalue weighted by atomic mass is 35.5. The third-order valence-electron chi connectivity index (χ3n) is 3.29. The van der Waals surface area contributed by atoms with Crippen molar-refractivity contribution in [1.29, 1.82) is 0 Å². The van der Waals surface area contributed by atoms with Crippen LogP contribution < -0.4 is 5.32 Å². The summed E-state index contributed by atoms with van der Waals surface area (Å²) in [6.45, 7) is 1.37. The van der Waals surface area contributed by atoms with Crippen molar-refractivity contribution in [2.75, 3.05) is 20.3 Å². The fourth-order valence-corrected chi connectivity index (χ4v) is 2.53. The molecule has 4 nitrogen and oxygen atoms in total. The van der Waals surface area contributed by atoms with Gasteiger partial charge in [-0.1, -0.05) is 17.7 Å². The number of carbonyl (C=O) groups excluding carboxylic acids is 1. The number of fused-ring (bicyclic) bond motifs is 1. The zero-order valence-electron chi connectivity index (χ0n) is 9.94. The molecule has 0 saturated carbocycles. The standard InChI is InChI=1S/C13H13ClN2O2/c1-15-13(17)9-5-16(8-6-18-7-8)11-4-2-3-10(14)12(9)11/h2-5,8H,6-7H2,1H3,(H,15,17). The molecule has 1 aromatic heterocycles. The van der Waals surface area contributed by atoms with E-state index in [1.807, 2.05) is 18.3 Å². The van der Waals surface area contributed by atoms with Crippen molar-refractivity contribution >= 4 is 28.4 Å². The molecule has 3 rings (SSSR count). The Balaban J connectivity index is 2.25. The molecule has 1 amide bonds. The van der Waals surface area contributed by atoms with Gasteiger partial charge in [-0.3, -0.25) is 4.79 Å². The fourth-order valence-electron chi connectivity index (χ4n) is 2.26. The first-order chi connectivity index (χ1) is 8.72. The average molecular weight is 265 g/mol. The van der Waals surface area contributed by atoms with E-state index in [2.05, 4.69) is 9.88 Å². The van der Waals surface area contributed by atoms with Gasteiger partial charge in [-0.2, -0.15) is 0 Å². The molecule has 1 aromatic carbocycles. The molecule has 1 fully saturated rings. The second kappa shape index (κ2) is 4.30. The van der Waals surface area contributed by atoms with Gasteiger partial charge in [0.05, 0.1) is 35.4 Å². The molecule has 0 aliphatic carbocycles. The summed E-state index contributed by atoms with van der Waals surface area (Å²) in [5.41, 5.74) is 1.60. The number of nitrogens with zero attached hydrogens (tertiary/aromatic N) is 1. The molecule has 2 heterocycles. The number of nitrogens with one attached hydrogen (secondary N) is 1. The van der Waals surface area contributed by atoms with Crippen LogP contribution in [0.15, 0.2) is 24.4 Å². The van der Waals surface area contributed by atoms with Crippen LogP contribution in [0.25, 0.3) is 10.9 Å². The third-order valence-corrected chi connectivity index (χ3v) is 3.61. The van der Waals surface area contributed by atoms with Crippen LogP contribution in [0.2, 0.25) is 5.02 Å². The Kier molecular flexibility index (Phi) is 2.76. The summed E-state index contributed by atoms with van der Waals surface area (Å²) >= 11 is 6.22. The maximum absolute atomic E-state index is 11.9. The average Bonchev–Trinajstić information content (AvgIpc) is 2.67. The predicted molar refractivity (Wildman–Crippen MR) is 70.2 cm³/mol. The van der Waals surface area contributed by atoms with Crippen LogP contribution in [0, 0.1) is 0 Å². The lowest BCUT2D eigenvalue weighted by atomic mass is 10.1. The van der Waals surface area contributed by atoms with E-state index in [4.69, 9.17) is 16.3 Å². The molecular weight excluding hydrogens is 252 g/mol. The quantitative estimate of drug-likeness (QED) is 0.904. The van der Waals surface area contributed by atoms with Gasteiger partial charge in [-0.15, -0.1) is 0 Å². The van der Waals surface area contributed by atoms with Crippen LogP contribution in [0.1, 0.15) is 16.4 Å². The van der Waals surface area contributed by atoms with Crippen molar-refractivity contribution in [3.8, 4) is 0 Å². The molecule has 0 atom stereocenters. The molecule has 0 unspecified atom stereocenters. The highest BCUT2D eigenvalue weighted by molar-refractivity contribution is 6.36. The largest absolute Gasteiger partial charge is 0.377 e. The van der Waals surface area contributed by atoms with Gasteiger partial charge >= 0.3 is 0 Å². The summed E-state index contributed by atoms with van der Waals surface area (Å²) in [4.78, 5) is 11.9. The first-order valence-corrected chi connectivity index (χ1v) is 6.19.